The van der Waals surface area contributed by atoms with Gasteiger partial charge in [-0.3, -0.25) is 4.98 Å². The number of sulfonamides is 1. The minimum atomic E-state index is -3.23. The number of hydrogen-bond donors (Lipinski definition) is 1. The van der Waals surface area contributed by atoms with E-state index in [1.54, 1.807) is 12.4 Å². The molecule has 2 heterocycles. The molecule has 0 aromatic carbocycles. The quantitative estimate of drug-likeness (QED) is 0.816. The SMILES string of the molecule is CC1(C)OB(c2cncc(CNS(C)(=O)=O)c2)OC1(C)C. The molecule has 2 rings (SSSR count). The molecule has 8 heteroatoms. The van der Waals surface area contributed by atoms with Crippen molar-refractivity contribution in [2.24, 2.45) is 0 Å². The van der Waals surface area contributed by atoms with Crippen LogP contribution in [0.3, 0.4) is 0 Å². The van der Waals surface area contributed by atoms with E-state index in [0.29, 0.717) is 0 Å². The highest BCUT2D eigenvalue weighted by molar-refractivity contribution is 7.88. The maximum Gasteiger partial charge on any atom is 0.496 e. The topological polar surface area (TPSA) is 77.5 Å². The van der Waals surface area contributed by atoms with Gasteiger partial charge in [-0.25, -0.2) is 13.1 Å². The molecule has 0 unspecified atom stereocenters. The first-order valence-corrected chi connectivity index (χ1v) is 8.63. The predicted octanol–water partition coefficient (Wildman–Crippen LogP) is 0.430. The van der Waals surface area contributed by atoms with Crippen molar-refractivity contribution in [3.63, 3.8) is 0 Å². The zero-order chi connectivity index (χ0) is 15.9. The Kier molecular flexibility index (Phi) is 4.18. The molecule has 0 radical (unpaired) electrons. The number of rotatable bonds is 4. The zero-order valence-electron chi connectivity index (χ0n) is 13.0. The van der Waals surface area contributed by atoms with Gasteiger partial charge in [-0.05, 0) is 33.3 Å². The van der Waals surface area contributed by atoms with Crippen molar-refractivity contribution in [3.8, 4) is 0 Å². The molecule has 6 nitrogen and oxygen atoms in total. The summed E-state index contributed by atoms with van der Waals surface area (Å²) >= 11 is 0. The molecular weight excluding hydrogens is 291 g/mol. The standard InChI is InChI=1S/C13H21BN2O4S/c1-12(2)13(3,4)20-14(19-12)11-6-10(7-15-9-11)8-16-21(5,17)18/h6-7,9,16H,8H2,1-5H3. The fraction of sp³-hybridized carbons (Fsp3) is 0.615. The van der Waals surface area contributed by atoms with Gasteiger partial charge in [-0.2, -0.15) is 0 Å². The van der Waals surface area contributed by atoms with Crippen molar-refractivity contribution < 1.29 is 17.7 Å². The van der Waals surface area contributed by atoms with Crippen LogP contribution in [0.15, 0.2) is 18.5 Å². The van der Waals surface area contributed by atoms with Crippen LogP contribution in [0, 0.1) is 0 Å². The van der Waals surface area contributed by atoms with Gasteiger partial charge in [-0.15, -0.1) is 0 Å². The van der Waals surface area contributed by atoms with E-state index < -0.39 is 28.3 Å². The molecular formula is C13H21BN2O4S. The molecule has 0 bridgehead atoms. The van der Waals surface area contributed by atoms with Gasteiger partial charge in [0.1, 0.15) is 0 Å². The zero-order valence-corrected chi connectivity index (χ0v) is 13.8. The number of nitrogens with one attached hydrogen (secondary N) is 1. The smallest absolute Gasteiger partial charge is 0.399 e. The molecule has 1 aliphatic rings. The summed E-state index contributed by atoms with van der Waals surface area (Å²) < 4.78 is 36.6. The molecule has 1 aromatic rings. The second-order valence-corrected chi connectivity index (χ2v) is 8.14. The summed E-state index contributed by atoms with van der Waals surface area (Å²) in [5.41, 5.74) is 0.700. The molecule has 0 saturated carbocycles. The Morgan fingerprint density at radius 1 is 1.19 bits per heavy atom. The summed E-state index contributed by atoms with van der Waals surface area (Å²) in [6, 6.07) is 1.84. The Labute approximate surface area is 126 Å². The minimum Gasteiger partial charge on any atom is -0.399 e. The Morgan fingerprint density at radius 3 is 2.29 bits per heavy atom. The van der Waals surface area contributed by atoms with E-state index in [1.807, 2.05) is 33.8 Å². The number of nitrogens with zero attached hydrogens (tertiary/aromatic N) is 1. The van der Waals surface area contributed by atoms with Gasteiger partial charge in [-0.1, -0.05) is 6.07 Å². The third-order valence-electron chi connectivity index (χ3n) is 3.88. The molecule has 116 valence electrons. The highest BCUT2D eigenvalue weighted by Gasteiger charge is 2.51. The largest absolute Gasteiger partial charge is 0.496 e. The maximum absolute atomic E-state index is 11.1. The summed E-state index contributed by atoms with van der Waals surface area (Å²) in [6.07, 6.45) is 4.41. The fourth-order valence-electron chi connectivity index (χ4n) is 1.93. The normalized spacial score (nSPS) is 20.7. The van der Waals surface area contributed by atoms with Crippen LogP contribution in [0.2, 0.25) is 0 Å². The number of hydrogen-bond acceptors (Lipinski definition) is 5. The van der Waals surface area contributed by atoms with Crippen LogP contribution in [-0.4, -0.2) is 38.0 Å². The fourth-order valence-corrected chi connectivity index (χ4v) is 2.36. The van der Waals surface area contributed by atoms with E-state index in [4.69, 9.17) is 9.31 Å². The predicted molar refractivity (Wildman–Crippen MR) is 81.6 cm³/mol. The summed E-state index contributed by atoms with van der Waals surface area (Å²) in [5, 5.41) is 0. The van der Waals surface area contributed by atoms with E-state index in [9.17, 15) is 8.42 Å². The van der Waals surface area contributed by atoms with Crippen LogP contribution in [0.25, 0.3) is 0 Å². The van der Waals surface area contributed by atoms with Crippen molar-refractivity contribution >= 4 is 22.6 Å². The monoisotopic (exact) mass is 312 g/mol. The van der Waals surface area contributed by atoms with Gasteiger partial charge in [0.25, 0.3) is 0 Å². The van der Waals surface area contributed by atoms with Gasteiger partial charge in [0.15, 0.2) is 0 Å². The van der Waals surface area contributed by atoms with Crippen molar-refractivity contribution in [3.05, 3.63) is 24.0 Å². The lowest BCUT2D eigenvalue weighted by molar-refractivity contribution is 0.00578. The van der Waals surface area contributed by atoms with Crippen LogP contribution in [-0.2, 0) is 25.9 Å². The summed E-state index contributed by atoms with van der Waals surface area (Å²) in [5.74, 6) is 0. The van der Waals surface area contributed by atoms with E-state index in [2.05, 4.69) is 9.71 Å². The Morgan fingerprint density at radius 2 is 1.76 bits per heavy atom. The summed E-state index contributed by atoms with van der Waals surface area (Å²) in [6.45, 7) is 8.12. The van der Waals surface area contributed by atoms with Crippen LogP contribution in [0.4, 0.5) is 0 Å². The number of pyridine rings is 1. The molecule has 0 atom stereocenters. The third kappa shape index (κ3) is 3.82. The maximum atomic E-state index is 11.1. The first kappa shape index (κ1) is 16.4. The van der Waals surface area contributed by atoms with Gasteiger partial charge >= 0.3 is 7.12 Å². The molecule has 1 aliphatic heterocycles. The molecule has 0 spiro atoms. The lowest BCUT2D eigenvalue weighted by atomic mass is 9.80. The van der Waals surface area contributed by atoms with Gasteiger partial charge in [0, 0.05) is 24.4 Å². The van der Waals surface area contributed by atoms with Gasteiger partial charge < -0.3 is 9.31 Å². The molecule has 0 amide bonds. The van der Waals surface area contributed by atoms with E-state index in [-0.39, 0.29) is 6.54 Å². The average molecular weight is 312 g/mol. The van der Waals surface area contributed by atoms with Crippen molar-refractivity contribution in [2.45, 2.75) is 45.4 Å². The Hall–Kier alpha value is -0.955. The lowest BCUT2D eigenvalue weighted by Gasteiger charge is -2.32. The Bertz CT molecular complexity index is 615. The highest BCUT2D eigenvalue weighted by Crippen LogP contribution is 2.36. The minimum absolute atomic E-state index is 0.194. The molecule has 1 saturated heterocycles. The summed E-state index contributed by atoms with van der Waals surface area (Å²) in [4.78, 5) is 4.13. The Balaban J connectivity index is 2.16. The highest BCUT2D eigenvalue weighted by atomic mass is 32.2. The second-order valence-electron chi connectivity index (χ2n) is 6.31. The molecule has 1 aromatic heterocycles. The lowest BCUT2D eigenvalue weighted by Crippen LogP contribution is -2.41. The second kappa shape index (κ2) is 5.35. The van der Waals surface area contributed by atoms with Crippen molar-refractivity contribution in [2.75, 3.05) is 6.26 Å². The van der Waals surface area contributed by atoms with Crippen LogP contribution >= 0.6 is 0 Å². The van der Waals surface area contributed by atoms with Crippen LogP contribution < -0.4 is 10.2 Å². The average Bonchev–Trinajstić information content (AvgIpc) is 2.56. The van der Waals surface area contributed by atoms with Crippen LogP contribution in [0.5, 0.6) is 0 Å². The molecule has 1 N–H and O–H groups in total. The van der Waals surface area contributed by atoms with Gasteiger partial charge in [0.05, 0.1) is 17.5 Å². The summed E-state index contributed by atoms with van der Waals surface area (Å²) in [7, 11) is -3.73. The van der Waals surface area contributed by atoms with E-state index in [1.165, 1.54) is 0 Å². The first-order valence-electron chi connectivity index (χ1n) is 6.74. The van der Waals surface area contributed by atoms with Crippen LogP contribution in [0.1, 0.15) is 33.3 Å². The van der Waals surface area contributed by atoms with E-state index in [0.717, 1.165) is 17.3 Å². The van der Waals surface area contributed by atoms with Crippen molar-refractivity contribution in [1.82, 2.24) is 9.71 Å². The first-order chi connectivity index (χ1) is 9.50. The van der Waals surface area contributed by atoms with Gasteiger partial charge in [0.2, 0.25) is 10.0 Å². The van der Waals surface area contributed by atoms with E-state index >= 15 is 0 Å². The van der Waals surface area contributed by atoms with Crippen molar-refractivity contribution in [1.29, 1.82) is 0 Å². The molecule has 1 fully saturated rings. The number of aromatic nitrogens is 1. The molecule has 21 heavy (non-hydrogen) atoms. The third-order valence-corrected chi connectivity index (χ3v) is 4.55. The molecule has 0 aliphatic carbocycles.